The summed E-state index contributed by atoms with van der Waals surface area (Å²) in [6.45, 7) is 3.62. The molecule has 2 atom stereocenters. The lowest BCUT2D eigenvalue weighted by molar-refractivity contribution is -0.150. The molecule has 6 nitrogen and oxygen atoms in total. The summed E-state index contributed by atoms with van der Waals surface area (Å²) >= 11 is 0. The SMILES string of the molecule is CCCC(NC(=O)C(C)OC(=O)/C=C/c1cccc(OC)c1OC)c1ccccc1. The van der Waals surface area contributed by atoms with E-state index in [4.69, 9.17) is 14.2 Å². The fourth-order valence-corrected chi connectivity index (χ4v) is 3.05. The number of esters is 1. The molecule has 2 aromatic carbocycles. The molecule has 0 bridgehead atoms. The van der Waals surface area contributed by atoms with Crippen LogP contribution in [-0.4, -0.2) is 32.2 Å². The van der Waals surface area contributed by atoms with E-state index >= 15 is 0 Å². The molecule has 0 aromatic heterocycles. The Bertz CT molecular complexity index is 863. The monoisotopic (exact) mass is 411 g/mol. The highest BCUT2D eigenvalue weighted by Gasteiger charge is 2.21. The summed E-state index contributed by atoms with van der Waals surface area (Å²) in [7, 11) is 3.07. The topological polar surface area (TPSA) is 73.9 Å². The molecule has 2 aromatic rings. The van der Waals surface area contributed by atoms with Gasteiger partial charge in [0, 0.05) is 11.6 Å². The number of hydrogen-bond donors (Lipinski definition) is 1. The zero-order chi connectivity index (χ0) is 21.9. The molecule has 1 amide bonds. The molecule has 0 spiro atoms. The molecule has 160 valence electrons. The Hall–Kier alpha value is -3.28. The van der Waals surface area contributed by atoms with Crippen LogP contribution in [0.4, 0.5) is 0 Å². The number of para-hydroxylation sites is 1. The smallest absolute Gasteiger partial charge is 0.331 e. The number of carbonyl (C=O) groups is 2. The van der Waals surface area contributed by atoms with Gasteiger partial charge in [-0.2, -0.15) is 0 Å². The third kappa shape index (κ3) is 6.37. The molecule has 0 fully saturated rings. The molecule has 0 aliphatic carbocycles. The molecule has 0 saturated heterocycles. The lowest BCUT2D eigenvalue weighted by Gasteiger charge is -2.21. The van der Waals surface area contributed by atoms with Gasteiger partial charge in [0.25, 0.3) is 5.91 Å². The van der Waals surface area contributed by atoms with Crippen LogP contribution in [-0.2, 0) is 14.3 Å². The van der Waals surface area contributed by atoms with Crippen molar-refractivity contribution in [2.45, 2.75) is 38.8 Å². The number of rotatable bonds is 10. The molecule has 30 heavy (non-hydrogen) atoms. The van der Waals surface area contributed by atoms with Crippen LogP contribution >= 0.6 is 0 Å². The summed E-state index contributed by atoms with van der Waals surface area (Å²) in [5.41, 5.74) is 1.69. The van der Waals surface area contributed by atoms with Crippen molar-refractivity contribution in [2.24, 2.45) is 0 Å². The van der Waals surface area contributed by atoms with E-state index in [1.54, 1.807) is 38.3 Å². The van der Waals surface area contributed by atoms with Crippen molar-refractivity contribution in [3.63, 3.8) is 0 Å². The van der Waals surface area contributed by atoms with Gasteiger partial charge in [0.2, 0.25) is 0 Å². The first-order valence-electron chi connectivity index (χ1n) is 9.95. The van der Waals surface area contributed by atoms with Gasteiger partial charge in [-0.1, -0.05) is 55.8 Å². The third-order valence-electron chi connectivity index (χ3n) is 4.59. The van der Waals surface area contributed by atoms with Gasteiger partial charge in [-0.15, -0.1) is 0 Å². The minimum absolute atomic E-state index is 0.124. The molecule has 0 aliphatic rings. The summed E-state index contributed by atoms with van der Waals surface area (Å²) in [4.78, 5) is 24.8. The first kappa shape index (κ1) is 23.0. The zero-order valence-corrected chi connectivity index (χ0v) is 17.9. The number of ether oxygens (including phenoxy) is 3. The minimum Gasteiger partial charge on any atom is -0.493 e. The molecule has 6 heteroatoms. The van der Waals surface area contributed by atoms with E-state index in [1.807, 2.05) is 30.3 Å². The maximum Gasteiger partial charge on any atom is 0.331 e. The second kappa shape index (κ2) is 11.7. The van der Waals surface area contributed by atoms with Crippen LogP contribution in [0.25, 0.3) is 6.08 Å². The van der Waals surface area contributed by atoms with Gasteiger partial charge < -0.3 is 19.5 Å². The van der Waals surface area contributed by atoms with E-state index in [0.717, 1.165) is 18.4 Å². The van der Waals surface area contributed by atoms with Crippen LogP contribution in [0.1, 0.15) is 43.9 Å². The number of methoxy groups -OCH3 is 2. The van der Waals surface area contributed by atoms with Crippen molar-refractivity contribution >= 4 is 18.0 Å². The lowest BCUT2D eigenvalue weighted by atomic mass is 10.0. The van der Waals surface area contributed by atoms with Gasteiger partial charge in [0.15, 0.2) is 17.6 Å². The molecule has 2 rings (SSSR count). The average molecular weight is 411 g/mol. The Labute approximate surface area is 177 Å². The molecule has 0 aliphatic heterocycles. The number of benzene rings is 2. The van der Waals surface area contributed by atoms with Crippen LogP contribution in [0.5, 0.6) is 11.5 Å². The van der Waals surface area contributed by atoms with E-state index in [2.05, 4.69) is 12.2 Å². The van der Waals surface area contributed by atoms with Crippen LogP contribution in [0.15, 0.2) is 54.6 Å². The Morgan fingerprint density at radius 3 is 2.40 bits per heavy atom. The standard InChI is InChI=1S/C24H29NO5/c1-5-10-20(18-11-7-6-8-12-18)25-24(27)17(2)30-22(26)16-15-19-13-9-14-21(28-3)23(19)29-4/h6-9,11-17,20H,5,10H2,1-4H3,(H,25,27)/b16-15+. The van der Waals surface area contributed by atoms with E-state index in [1.165, 1.54) is 13.2 Å². The van der Waals surface area contributed by atoms with E-state index < -0.39 is 12.1 Å². The van der Waals surface area contributed by atoms with Crippen molar-refractivity contribution in [1.29, 1.82) is 0 Å². The molecule has 0 saturated carbocycles. The van der Waals surface area contributed by atoms with Crippen LogP contribution in [0, 0.1) is 0 Å². The van der Waals surface area contributed by atoms with Crippen LogP contribution in [0.3, 0.4) is 0 Å². The summed E-state index contributed by atoms with van der Waals surface area (Å²) < 4.78 is 15.8. The van der Waals surface area contributed by atoms with Gasteiger partial charge >= 0.3 is 5.97 Å². The molecule has 0 radical (unpaired) electrons. The zero-order valence-electron chi connectivity index (χ0n) is 17.9. The summed E-state index contributed by atoms with van der Waals surface area (Å²) in [5.74, 6) is 0.121. The first-order chi connectivity index (χ1) is 14.5. The molecular formula is C24H29NO5. The van der Waals surface area contributed by atoms with Crippen LogP contribution in [0.2, 0.25) is 0 Å². The highest BCUT2D eigenvalue weighted by Crippen LogP contribution is 2.31. The minimum atomic E-state index is -0.919. The highest BCUT2D eigenvalue weighted by atomic mass is 16.5. The predicted molar refractivity (Wildman–Crippen MR) is 116 cm³/mol. The maximum atomic E-state index is 12.5. The number of hydrogen-bond acceptors (Lipinski definition) is 5. The predicted octanol–water partition coefficient (Wildman–Crippen LogP) is 4.31. The van der Waals surface area contributed by atoms with Crippen molar-refractivity contribution < 1.29 is 23.8 Å². The third-order valence-corrected chi connectivity index (χ3v) is 4.59. The maximum absolute atomic E-state index is 12.5. The number of carbonyl (C=O) groups excluding carboxylic acids is 2. The first-order valence-corrected chi connectivity index (χ1v) is 9.95. The van der Waals surface area contributed by atoms with Gasteiger partial charge in [0.1, 0.15) is 0 Å². The summed E-state index contributed by atoms with van der Waals surface area (Å²) in [5, 5.41) is 2.97. The van der Waals surface area contributed by atoms with E-state index in [-0.39, 0.29) is 11.9 Å². The average Bonchev–Trinajstić information content (AvgIpc) is 2.77. The molecule has 1 N–H and O–H groups in total. The van der Waals surface area contributed by atoms with Gasteiger partial charge in [-0.3, -0.25) is 4.79 Å². The number of nitrogens with one attached hydrogen (secondary N) is 1. The van der Waals surface area contributed by atoms with Gasteiger partial charge in [0.05, 0.1) is 20.3 Å². The largest absolute Gasteiger partial charge is 0.493 e. The van der Waals surface area contributed by atoms with Gasteiger partial charge in [-0.25, -0.2) is 4.79 Å². The van der Waals surface area contributed by atoms with Crippen molar-refractivity contribution in [3.05, 3.63) is 65.7 Å². The molecular weight excluding hydrogens is 382 g/mol. The Morgan fingerprint density at radius 1 is 1.03 bits per heavy atom. The summed E-state index contributed by atoms with van der Waals surface area (Å²) in [6.07, 6.45) is 3.63. The molecule has 0 heterocycles. The fourth-order valence-electron chi connectivity index (χ4n) is 3.05. The second-order valence-corrected chi connectivity index (χ2v) is 6.76. The van der Waals surface area contributed by atoms with E-state index in [9.17, 15) is 9.59 Å². The second-order valence-electron chi connectivity index (χ2n) is 6.76. The van der Waals surface area contributed by atoms with Gasteiger partial charge in [-0.05, 0) is 31.1 Å². The van der Waals surface area contributed by atoms with Crippen molar-refractivity contribution in [2.75, 3.05) is 14.2 Å². The Balaban J connectivity index is 1.99. The quantitative estimate of drug-likeness (QED) is 0.466. The Kier molecular flexibility index (Phi) is 8.94. The lowest BCUT2D eigenvalue weighted by Crippen LogP contribution is -2.38. The van der Waals surface area contributed by atoms with Crippen molar-refractivity contribution in [3.8, 4) is 11.5 Å². The van der Waals surface area contributed by atoms with Crippen molar-refractivity contribution in [1.82, 2.24) is 5.32 Å². The summed E-state index contributed by atoms with van der Waals surface area (Å²) in [6, 6.07) is 15.0. The number of amides is 1. The highest BCUT2D eigenvalue weighted by molar-refractivity contribution is 5.91. The van der Waals surface area contributed by atoms with E-state index in [0.29, 0.717) is 17.1 Å². The Morgan fingerprint density at radius 2 is 1.77 bits per heavy atom. The normalized spacial score (nSPS) is 12.8. The molecule has 2 unspecified atom stereocenters. The van der Waals surface area contributed by atoms with Crippen LogP contribution < -0.4 is 14.8 Å². The fraction of sp³-hybridized carbons (Fsp3) is 0.333.